The Bertz CT molecular complexity index is 545. The zero-order chi connectivity index (χ0) is 13.1. The van der Waals surface area contributed by atoms with Crippen LogP contribution in [-0.2, 0) is 19.3 Å². The number of aliphatic hydroxyl groups excluding tert-OH is 1. The molecule has 0 fully saturated rings. The molecule has 1 unspecified atom stereocenters. The number of hydrogen-bond donors (Lipinski definition) is 1. The van der Waals surface area contributed by atoms with Gasteiger partial charge in [-0.15, -0.1) is 0 Å². The van der Waals surface area contributed by atoms with Gasteiger partial charge in [0.05, 0.1) is 6.10 Å². The van der Waals surface area contributed by atoms with Crippen molar-refractivity contribution in [3.63, 3.8) is 0 Å². The number of aryl methyl sites for hydroxylation is 3. The molecule has 0 spiro atoms. The Hall–Kier alpha value is -1.60. The summed E-state index contributed by atoms with van der Waals surface area (Å²) in [5.41, 5.74) is 5.29. The molecular formula is C18H20O. The summed E-state index contributed by atoms with van der Waals surface area (Å²) in [4.78, 5) is 0. The number of rotatable bonds is 4. The number of hydrogen-bond acceptors (Lipinski definition) is 1. The van der Waals surface area contributed by atoms with Crippen molar-refractivity contribution in [3.8, 4) is 0 Å². The van der Waals surface area contributed by atoms with Gasteiger partial charge in [-0.1, -0.05) is 48.5 Å². The fraction of sp³-hybridized carbons (Fsp3) is 0.333. The summed E-state index contributed by atoms with van der Waals surface area (Å²) in [7, 11) is 0. The molecule has 1 heteroatoms. The van der Waals surface area contributed by atoms with Crippen LogP contribution in [-0.4, -0.2) is 5.11 Å². The van der Waals surface area contributed by atoms with E-state index in [4.69, 9.17) is 0 Å². The summed E-state index contributed by atoms with van der Waals surface area (Å²) < 4.78 is 0. The van der Waals surface area contributed by atoms with Crippen molar-refractivity contribution in [2.75, 3.05) is 0 Å². The van der Waals surface area contributed by atoms with E-state index in [1.165, 1.54) is 36.0 Å². The Kier molecular flexibility index (Phi) is 3.65. The van der Waals surface area contributed by atoms with Crippen LogP contribution in [0.1, 0.15) is 41.2 Å². The highest BCUT2D eigenvalue weighted by Gasteiger charge is 2.14. The highest BCUT2D eigenvalue weighted by Crippen LogP contribution is 2.27. The van der Waals surface area contributed by atoms with E-state index in [1.54, 1.807) is 0 Å². The average Bonchev–Trinajstić information content (AvgIpc) is 2.93. The van der Waals surface area contributed by atoms with Crippen LogP contribution in [0.2, 0.25) is 0 Å². The van der Waals surface area contributed by atoms with Crippen molar-refractivity contribution < 1.29 is 5.11 Å². The van der Waals surface area contributed by atoms with Gasteiger partial charge in [-0.2, -0.15) is 0 Å². The Morgan fingerprint density at radius 3 is 2.58 bits per heavy atom. The summed E-state index contributed by atoms with van der Waals surface area (Å²) in [6.45, 7) is 0. The lowest BCUT2D eigenvalue weighted by Crippen LogP contribution is -2.00. The molecule has 1 aliphatic rings. The average molecular weight is 252 g/mol. The summed E-state index contributed by atoms with van der Waals surface area (Å²) in [5, 5.41) is 10.3. The van der Waals surface area contributed by atoms with E-state index in [9.17, 15) is 5.11 Å². The van der Waals surface area contributed by atoms with Crippen LogP contribution >= 0.6 is 0 Å². The van der Waals surface area contributed by atoms with Crippen molar-refractivity contribution in [2.24, 2.45) is 0 Å². The third kappa shape index (κ3) is 2.87. The molecule has 98 valence electrons. The zero-order valence-electron chi connectivity index (χ0n) is 11.2. The van der Waals surface area contributed by atoms with E-state index in [1.807, 2.05) is 6.07 Å². The molecule has 0 amide bonds. The van der Waals surface area contributed by atoms with E-state index >= 15 is 0 Å². The maximum atomic E-state index is 10.3. The largest absolute Gasteiger partial charge is 0.388 e. The minimum absolute atomic E-state index is 0.342. The smallest absolute Gasteiger partial charge is 0.0793 e. The molecule has 2 aromatic rings. The van der Waals surface area contributed by atoms with E-state index < -0.39 is 0 Å². The molecule has 2 aromatic carbocycles. The molecule has 1 nitrogen and oxygen atoms in total. The van der Waals surface area contributed by atoms with Crippen LogP contribution in [0.25, 0.3) is 0 Å². The second-order valence-corrected chi connectivity index (χ2v) is 5.42. The predicted molar refractivity (Wildman–Crippen MR) is 78.2 cm³/mol. The minimum Gasteiger partial charge on any atom is -0.388 e. The van der Waals surface area contributed by atoms with Crippen LogP contribution in [0.3, 0.4) is 0 Å². The first kappa shape index (κ1) is 12.4. The fourth-order valence-electron chi connectivity index (χ4n) is 2.91. The summed E-state index contributed by atoms with van der Waals surface area (Å²) in [5.74, 6) is 0. The zero-order valence-corrected chi connectivity index (χ0v) is 11.2. The molecule has 0 saturated carbocycles. The molecule has 0 radical (unpaired) electrons. The van der Waals surface area contributed by atoms with Gasteiger partial charge in [-0.05, 0) is 54.4 Å². The highest BCUT2D eigenvalue weighted by molar-refractivity contribution is 5.36. The van der Waals surface area contributed by atoms with E-state index in [2.05, 4.69) is 42.5 Å². The molecular weight excluding hydrogens is 232 g/mol. The summed E-state index contributed by atoms with van der Waals surface area (Å²) in [6.07, 6.45) is 5.02. The van der Waals surface area contributed by atoms with Gasteiger partial charge in [-0.3, -0.25) is 0 Å². The first-order valence-electron chi connectivity index (χ1n) is 7.16. The fourth-order valence-corrected chi connectivity index (χ4v) is 2.91. The van der Waals surface area contributed by atoms with Crippen LogP contribution in [0.4, 0.5) is 0 Å². The lowest BCUT2D eigenvalue weighted by Gasteiger charge is -2.12. The lowest BCUT2D eigenvalue weighted by atomic mass is 9.98. The molecule has 0 aromatic heterocycles. The van der Waals surface area contributed by atoms with E-state index in [0.717, 1.165) is 18.4 Å². The van der Waals surface area contributed by atoms with Gasteiger partial charge < -0.3 is 5.11 Å². The Morgan fingerprint density at radius 1 is 0.947 bits per heavy atom. The van der Waals surface area contributed by atoms with Crippen molar-refractivity contribution in [1.82, 2.24) is 0 Å². The van der Waals surface area contributed by atoms with Gasteiger partial charge in [0.2, 0.25) is 0 Å². The maximum absolute atomic E-state index is 10.3. The van der Waals surface area contributed by atoms with Crippen molar-refractivity contribution >= 4 is 0 Å². The molecule has 1 atom stereocenters. The first-order valence-corrected chi connectivity index (χ1v) is 7.16. The van der Waals surface area contributed by atoms with Gasteiger partial charge in [0.25, 0.3) is 0 Å². The third-order valence-corrected chi connectivity index (χ3v) is 4.06. The monoisotopic (exact) mass is 252 g/mol. The summed E-state index contributed by atoms with van der Waals surface area (Å²) in [6, 6.07) is 16.9. The van der Waals surface area contributed by atoms with Crippen molar-refractivity contribution in [2.45, 2.75) is 38.2 Å². The summed E-state index contributed by atoms with van der Waals surface area (Å²) >= 11 is 0. The normalized spacial score (nSPS) is 15.2. The van der Waals surface area contributed by atoms with Gasteiger partial charge >= 0.3 is 0 Å². The SMILES string of the molecule is OC(CCc1ccccc1)c1ccc2c(c1)CCC2. The highest BCUT2D eigenvalue weighted by atomic mass is 16.3. The van der Waals surface area contributed by atoms with Gasteiger partial charge in [0, 0.05) is 0 Å². The number of fused-ring (bicyclic) bond motifs is 1. The molecule has 1 N–H and O–H groups in total. The van der Waals surface area contributed by atoms with Gasteiger partial charge in [-0.25, -0.2) is 0 Å². The van der Waals surface area contributed by atoms with E-state index in [-0.39, 0.29) is 6.10 Å². The third-order valence-electron chi connectivity index (χ3n) is 4.06. The standard InChI is InChI=1S/C18H20O/c19-18(12-9-14-5-2-1-3-6-14)17-11-10-15-7-4-8-16(15)13-17/h1-3,5-6,10-11,13,18-19H,4,7-9,12H2. The predicted octanol–water partition coefficient (Wildman–Crippen LogP) is 3.84. The Labute approximate surface area is 114 Å². The van der Waals surface area contributed by atoms with Crippen molar-refractivity contribution in [3.05, 3.63) is 70.8 Å². The maximum Gasteiger partial charge on any atom is 0.0793 e. The Morgan fingerprint density at radius 2 is 1.74 bits per heavy atom. The van der Waals surface area contributed by atoms with Gasteiger partial charge in [0.15, 0.2) is 0 Å². The van der Waals surface area contributed by atoms with Crippen LogP contribution in [0, 0.1) is 0 Å². The second kappa shape index (κ2) is 5.58. The lowest BCUT2D eigenvalue weighted by molar-refractivity contribution is 0.168. The quantitative estimate of drug-likeness (QED) is 0.876. The first-order chi connectivity index (χ1) is 9.33. The topological polar surface area (TPSA) is 20.2 Å². The molecule has 19 heavy (non-hydrogen) atoms. The molecule has 3 rings (SSSR count). The molecule has 0 saturated heterocycles. The number of benzene rings is 2. The van der Waals surface area contributed by atoms with Gasteiger partial charge in [0.1, 0.15) is 0 Å². The van der Waals surface area contributed by atoms with Crippen LogP contribution < -0.4 is 0 Å². The second-order valence-electron chi connectivity index (χ2n) is 5.42. The molecule has 0 aliphatic heterocycles. The van der Waals surface area contributed by atoms with Crippen molar-refractivity contribution in [1.29, 1.82) is 0 Å². The Balaban J connectivity index is 1.65. The molecule has 0 heterocycles. The number of aliphatic hydroxyl groups is 1. The molecule has 0 bridgehead atoms. The van der Waals surface area contributed by atoms with Crippen LogP contribution in [0.5, 0.6) is 0 Å². The van der Waals surface area contributed by atoms with E-state index in [0.29, 0.717) is 0 Å². The van der Waals surface area contributed by atoms with Crippen LogP contribution in [0.15, 0.2) is 48.5 Å². The minimum atomic E-state index is -0.342. The molecule has 1 aliphatic carbocycles.